The molecule has 0 saturated heterocycles. The first-order valence-corrected chi connectivity index (χ1v) is 10.9. The van der Waals surface area contributed by atoms with E-state index in [-0.39, 0.29) is 31.9 Å². The number of hydrogen-bond donors (Lipinski definition) is 3. The van der Waals surface area contributed by atoms with Gasteiger partial charge in [-0.05, 0) is 55.9 Å². The van der Waals surface area contributed by atoms with Gasteiger partial charge in [-0.15, -0.1) is 0 Å². The molecule has 2 aromatic carbocycles. The highest BCUT2D eigenvalue weighted by Crippen LogP contribution is 2.44. The maximum absolute atomic E-state index is 12.8. The summed E-state index contributed by atoms with van der Waals surface area (Å²) in [6.45, 7) is 5.30. The summed E-state index contributed by atoms with van der Waals surface area (Å²) >= 11 is 0. The smallest absolute Gasteiger partial charge is 0.407 e. The molecule has 0 aliphatic heterocycles. The molecular weight excluding hydrogens is 424 g/mol. The van der Waals surface area contributed by atoms with Crippen molar-refractivity contribution in [1.29, 1.82) is 0 Å². The number of carboxylic acid groups (broad SMARTS) is 1. The maximum atomic E-state index is 12.8. The van der Waals surface area contributed by atoms with Crippen molar-refractivity contribution in [2.75, 3.05) is 13.2 Å². The minimum Gasteiger partial charge on any atom is -0.479 e. The Morgan fingerprint density at radius 2 is 1.55 bits per heavy atom. The summed E-state index contributed by atoms with van der Waals surface area (Å²) in [5.41, 5.74) is 7.27. The molecular formula is C25H30N2O6. The minimum atomic E-state index is -2.22. The lowest BCUT2D eigenvalue weighted by Crippen LogP contribution is -2.56. The van der Waals surface area contributed by atoms with Gasteiger partial charge in [-0.3, -0.25) is 0 Å². The standard InChI is InChI=1S/C25H30N2O6/c1-24(2,3)33-23(31)27-14-8-13-25(26,21(28)29)22(30)32-15-20-18-11-6-4-9-16(18)17-10-5-7-12-19(17)20/h4-7,9-12,20H,8,13-15,26H2,1-3H3,(H,27,31)(H,28,29)/t25-/m0/s1. The number of aliphatic carboxylic acids is 1. The zero-order chi connectivity index (χ0) is 24.2. The van der Waals surface area contributed by atoms with Crippen molar-refractivity contribution in [2.24, 2.45) is 5.73 Å². The second-order valence-electron chi connectivity index (χ2n) is 9.13. The zero-order valence-corrected chi connectivity index (χ0v) is 19.1. The van der Waals surface area contributed by atoms with Crippen molar-refractivity contribution in [3.8, 4) is 11.1 Å². The van der Waals surface area contributed by atoms with Gasteiger partial charge < -0.3 is 25.6 Å². The molecule has 33 heavy (non-hydrogen) atoms. The van der Waals surface area contributed by atoms with Crippen molar-refractivity contribution in [3.05, 3.63) is 59.7 Å². The van der Waals surface area contributed by atoms with Gasteiger partial charge in [-0.25, -0.2) is 14.4 Å². The lowest BCUT2D eigenvalue weighted by molar-refractivity contribution is -0.161. The Kier molecular flexibility index (Phi) is 7.07. The van der Waals surface area contributed by atoms with Crippen LogP contribution in [-0.4, -0.2) is 47.4 Å². The van der Waals surface area contributed by atoms with Gasteiger partial charge in [-0.2, -0.15) is 0 Å². The normalized spacial score (nSPS) is 14.5. The van der Waals surface area contributed by atoms with Gasteiger partial charge >= 0.3 is 18.0 Å². The number of hydrogen-bond acceptors (Lipinski definition) is 6. The average molecular weight is 455 g/mol. The summed E-state index contributed by atoms with van der Waals surface area (Å²) in [4.78, 5) is 36.3. The highest BCUT2D eigenvalue weighted by molar-refractivity contribution is 6.03. The molecule has 4 N–H and O–H groups in total. The van der Waals surface area contributed by atoms with Crippen molar-refractivity contribution >= 4 is 18.0 Å². The number of carboxylic acids is 1. The number of rotatable bonds is 8. The van der Waals surface area contributed by atoms with Crippen molar-refractivity contribution in [3.63, 3.8) is 0 Å². The number of amides is 1. The Morgan fingerprint density at radius 3 is 2.06 bits per heavy atom. The summed E-state index contributed by atoms with van der Waals surface area (Å²) < 4.78 is 10.6. The molecule has 0 aromatic heterocycles. The number of carbonyl (C=O) groups excluding carboxylic acids is 2. The van der Waals surface area contributed by atoms with Crippen LogP contribution in [0.4, 0.5) is 4.79 Å². The monoisotopic (exact) mass is 454 g/mol. The maximum Gasteiger partial charge on any atom is 0.407 e. The molecule has 2 aromatic rings. The van der Waals surface area contributed by atoms with E-state index in [2.05, 4.69) is 5.32 Å². The number of nitrogens with two attached hydrogens (primary N) is 1. The molecule has 0 unspecified atom stereocenters. The third-order valence-corrected chi connectivity index (χ3v) is 5.51. The third kappa shape index (κ3) is 5.51. The Hall–Kier alpha value is -3.39. The van der Waals surface area contributed by atoms with Gasteiger partial charge in [-0.1, -0.05) is 48.5 Å². The van der Waals surface area contributed by atoms with Gasteiger partial charge in [0, 0.05) is 12.5 Å². The number of benzene rings is 2. The second-order valence-corrected chi connectivity index (χ2v) is 9.13. The van der Waals surface area contributed by atoms with Crippen LogP contribution in [0.25, 0.3) is 11.1 Å². The fourth-order valence-electron chi connectivity index (χ4n) is 3.90. The van der Waals surface area contributed by atoms with Crippen LogP contribution in [0.1, 0.15) is 50.7 Å². The first-order chi connectivity index (χ1) is 15.5. The molecule has 176 valence electrons. The summed E-state index contributed by atoms with van der Waals surface area (Å²) in [5, 5.41) is 12.2. The van der Waals surface area contributed by atoms with Gasteiger partial charge in [0.2, 0.25) is 5.54 Å². The number of fused-ring (bicyclic) bond motifs is 3. The van der Waals surface area contributed by atoms with E-state index in [0.29, 0.717) is 0 Å². The Bertz CT molecular complexity index is 1000. The van der Waals surface area contributed by atoms with E-state index in [9.17, 15) is 19.5 Å². The van der Waals surface area contributed by atoms with Crippen molar-refractivity contribution in [1.82, 2.24) is 5.32 Å². The predicted octanol–water partition coefficient (Wildman–Crippen LogP) is 3.43. The molecule has 0 spiro atoms. The van der Waals surface area contributed by atoms with E-state index in [1.54, 1.807) is 20.8 Å². The SMILES string of the molecule is CC(C)(C)OC(=O)NCCC[C@](N)(C(=O)O)C(=O)OCC1c2ccccc2-c2ccccc21. The topological polar surface area (TPSA) is 128 Å². The number of ether oxygens (including phenoxy) is 2. The molecule has 1 aliphatic rings. The van der Waals surface area contributed by atoms with E-state index in [1.807, 2.05) is 48.5 Å². The molecule has 0 heterocycles. The van der Waals surface area contributed by atoms with Crippen LogP contribution in [0.15, 0.2) is 48.5 Å². The highest BCUT2D eigenvalue weighted by atomic mass is 16.6. The quantitative estimate of drug-likeness (QED) is 0.317. The average Bonchev–Trinajstić information content (AvgIpc) is 3.07. The first-order valence-electron chi connectivity index (χ1n) is 10.9. The van der Waals surface area contributed by atoms with Gasteiger partial charge in [0.25, 0.3) is 0 Å². The Balaban J connectivity index is 1.62. The van der Waals surface area contributed by atoms with E-state index < -0.39 is 29.2 Å². The van der Waals surface area contributed by atoms with Crippen LogP contribution >= 0.6 is 0 Å². The lowest BCUT2D eigenvalue weighted by Gasteiger charge is -2.24. The van der Waals surface area contributed by atoms with Crippen LogP contribution < -0.4 is 11.1 Å². The first kappa shape index (κ1) is 24.3. The molecule has 1 atom stereocenters. The predicted molar refractivity (Wildman–Crippen MR) is 123 cm³/mol. The molecule has 1 aliphatic carbocycles. The molecule has 1 amide bonds. The summed E-state index contributed by atoms with van der Waals surface area (Å²) in [6.07, 6.45) is -0.664. The van der Waals surface area contributed by atoms with E-state index in [0.717, 1.165) is 22.3 Å². The van der Waals surface area contributed by atoms with Crippen LogP contribution in [0.3, 0.4) is 0 Å². The second kappa shape index (κ2) is 9.62. The summed E-state index contributed by atoms with van der Waals surface area (Å²) in [6, 6.07) is 15.7. The fraction of sp³-hybridized carbons (Fsp3) is 0.400. The number of carbonyl (C=O) groups is 3. The molecule has 3 rings (SSSR count). The van der Waals surface area contributed by atoms with Crippen LogP contribution in [0.2, 0.25) is 0 Å². The molecule has 0 bridgehead atoms. The van der Waals surface area contributed by atoms with Crippen LogP contribution in [0.5, 0.6) is 0 Å². The van der Waals surface area contributed by atoms with E-state index in [1.165, 1.54) is 0 Å². The molecule has 0 fully saturated rings. The Labute approximate surface area is 193 Å². The largest absolute Gasteiger partial charge is 0.479 e. The number of esters is 1. The van der Waals surface area contributed by atoms with Crippen molar-refractivity contribution in [2.45, 2.75) is 50.7 Å². The molecule has 8 nitrogen and oxygen atoms in total. The molecule has 8 heteroatoms. The number of nitrogens with one attached hydrogen (secondary N) is 1. The molecule has 0 saturated carbocycles. The van der Waals surface area contributed by atoms with Gasteiger partial charge in [0.15, 0.2) is 0 Å². The van der Waals surface area contributed by atoms with Crippen LogP contribution in [-0.2, 0) is 19.1 Å². The van der Waals surface area contributed by atoms with E-state index in [4.69, 9.17) is 15.2 Å². The Morgan fingerprint density at radius 1 is 1.00 bits per heavy atom. The van der Waals surface area contributed by atoms with E-state index >= 15 is 0 Å². The summed E-state index contributed by atoms with van der Waals surface area (Å²) in [5.74, 6) is -2.68. The van der Waals surface area contributed by atoms with Gasteiger partial charge in [0.1, 0.15) is 12.2 Å². The van der Waals surface area contributed by atoms with Gasteiger partial charge in [0.05, 0.1) is 0 Å². The lowest BCUT2D eigenvalue weighted by atomic mass is 9.94. The third-order valence-electron chi connectivity index (χ3n) is 5.51. The molecule has 0 radical (unpaired) electrons. The summed E-state index contributed by atoms with van der Waals surface area (Å²) in [7, 11) is 0. The number of alkyl carbamates (subject to hydrolysis) is 1. The van der Waals surface area contributed by atoms with Crippen molar-refractivity contribution < 1.29 is 29.0 Å². The fourth-order valence-corrected chi connectivity index (χ4v) is 3.90. The zero-order valence-electron chi connectivity index (χ0n) is 19.1. The van der Waals surface area contributed by atoms with Crippen LogP contribution in [0, 0.1) is 0 Å². The highest BCUT2D eigenvalue weighted by Gasteiger charge is 2.44. The minimum absolute atomic E-state index is 0.0186.